The summed E-state index contributed by atoms with van der Waals surface area (Å²) < 4.78 is 60.0. The predicted octanol–water partition coefficient (Wildman–Crippen LogP) is 4.40. The maximum atomic E-state index is 12.8. The fourth-order valence-electron chi connectivity index (χ4n) is 10.8. The summed E-state index contributed by atoms with van der Waals surface area (Å²) >= 11 is 0. The second-order valence-electron chi connectivity index (χ2n) is 15.1. The molecule has 10 atom stereocenters. The van der Waals surface area contributed by atoms with Crippen molar-refractivity contribution in [1.82, 2.24) is 13.5 Å². The standard InChI is InChI=1S/C31H47N3O5S2/c1-18-10-12-33(40(5,35)36)28-20(3)31(39-29(18)28)11-9-23-24-8-7-22-13-27-21(17-34(32-27)41(6,37)38)16-30(22,4)26(24)14-25(23)19(2)15-31/h17-18,20,22-24,26,28-29H,7-16H2,1-6H3/t18-,20-,22-,23+,24+,26+,28+,29-,30+,31+/m1/s1. The molecule has 0 aromatic carbocycles. The molecule has 0 radical (unpaired) electrons. The maximum Gasteiger partial charge on any atom is 0.250 e. The Morgan fingerprint density at radius 3 is 2.46 bits per heavy atom. The number of sulfonamides is 1. The van der Waals surface area contributed by atoms with E-state index >= 15 is 0 Å². The topological polar surface area (TPSA) is 98.6 Å². The molecule has 6 aliphatic rings. The first-order valence-electron chi connectivity index (χ1n) is 15.7. The summed E-state index contributed by atoms with van der Waals surface area (Å²) in [6, 6.07) is -0.0733. The number of hydrogen-bond acceptors (Lipinski definition) is 6. The molecule has 2 aliphatic heterocycles. The van der Waals surface area contributed by atoms with Crippen LogP contribution in [0, 0.1) is 40.9 Å². The van der Waals surface area contributed by atoms with E-state index in [1.165, 1.54) is 35.0 Å². The fourth-order valence-corrected chi connectivity index (χ4v) is 12.5. The summed E-state index contributed by atoms with van der Waals surface area (Å²) in [7, 11) is -6.67. The molecule has 0 unspecified atom stereocenters. The number of nitrogens with zero attached hydrogens (tertiary/aromatic N) is 3. The maximum absolute atomic E-state index is 12.8. The van der Waals surface area contributed by atoms with Crippen molar-refractivity contribution in [2.75, 3.05) is 19.1 Å². The molecule has 1 spiro atoms. The first kappa shape index (κ1) is 28.5. The lowest BCUT2D eigenvalue weighted by molar-refractivity contribution is -0.0878. The molecule has 41 heavy (non-hydrogen) atoms. The van der Waals surface area contributed by atoms with Gasteiger partial charge in [-0.3, -0.25) is 0 Å². The number of aromatic nitrogens is 2. The van der Waals surface area contributed by atoms with Crippen LogP contribution in [0.25, 0.3) is 0 Å². The largest absolute Gasteiger partial charge is 0.369 e. The SMILES string of the molecule is CC1=C2C[C@H]3[C@@H](CC[C@@H]4Cc5nn(S(C)(=O)=O)cc5C[C@@]43C)[C@@H]2CC[C@@]2(C1)O[C@H]1[C@H]([C@H]2C)N(S(C)(=O)=O)CC[C@H]1C. The minimum Gasteiger partial charge on any atom is -0.369 e. The van der Waals surface area contributed by atoms with Crippen LogP contribution in [0.2, 0.25) is 0 Å². The summed E-state index contributed by atoms with van der Waals surface area (Å²) in [6.07, 6.45) is 13.5. The Balaban J connectivity index is 1.18. The number of hydrogen-bond donors (Lipinski definition) is 0. The summed E-state index contributed by atoms with van der Waals surface area (Å²) in [5, 5.41) is 4.49. The highest BCUT2D eigenvalue weighted by atomic mass is 32.2. The van der Waals surface area contributed by atoms with Crippen LogP contribution in [0.3, 0.4) is 0 Å². The van der Waals surface area contributed by atoms with E-state index in [1.807, 2.05) is 0 Å². The molecular formula is C31H47N3O5S2. The van der Waals surface area contributed by atoms with Crippen LogP contribution in [-0.2, 0) is 37.6 Å². The average Bonchev–Trinajstić information content (AvgIpc) is 3.51. The molecule has 8 nitrogen and oxygen atoms in total. The van der Waals surface area contributed by atoms with Gasteiger partial charge >= 0.3 is 0 Å². The quantitative estimate of drug-likeness (QED) is 0.464. The van der Waals surface area contributed by atoms with Gasteiger partial charge in [0.25, 0.3) is 10.0 Å². The van der Waals surface area contributed by atoms with Crippen molar-refractivity contribution < 1.29 is 21.6 Å². The second-order valence-corrected chi connectivity index (χ2v) is 18.8. The third-order valence-electron chi connectivity index (χ3n) is 12.9. The van der Waals surface area contributed by atoms with E-state index in [-0.39, 0.29) is 29.1 Å². The summed E-state index contributed by atoms with van der Waals surface area (Å²) in [4.78, 5) is 0. The molecule has 7 rings (SSSR count). The zero-order valence-corrected chi connectivity index (χ0v) is 27.1. The van der Waals surface area contributed by atoms with Gasteiger partial charge < -0.3 is 4.74 Å². The van der Waals surface area contributed by atoms with Crippen molar-refractivity contribution in [3.8, 4) is 0 Å². The highest BCUT2D eigenvalue weighted by molar-refractivity contribution is 7.89. The van der Waals surface area contributed by atoms with Gasteiger partial charge in [0, 0.05) is 18.7 Å². The van der Waals surface area contributed by atoms with Crippen molar-refractivity contribution >= 4 is 20.0 Å². The van der Waals surface area contributed by atoms with Gasteiger partial charge in [0.2, 0.25) is 10.0 Å². The first-order valence-corrected chi connectivity index (χ1v) is 19.4. The molecule has 4 fully saturated rings. The van der Waals surface area contributed by atoms with E-state index in [0.717, 1.165) is 56.2 Å². The molecule has 2 saturated heterocycles. The molecule has 0 amide bonds. The molecular weight excluding hydrogens is 558 g/mol. The zero-order chi connectivity index (χ0) is 29.3. The van der Waals surface area contributed by atoms with Gasteiger partial charge in [-0.05, 0) is 105 Å². The highest BCUT2D eigenvalue weighted by Gasteiger charge is 2.61. The first-order chi connectivity index (χ1) is 19.1. The number of allylic oxidation sites excluding steroid dienone is 1. The Hall–Kier alpha value is -1.23. The van der Waals surface area contributed by atoms with Crippen LogP contribution in [0.15, 0.2) is 17.3 Å². The van der Waals surface area contributed by atoms with E-state index in [9.17, 15) is 16.8 Å². The van der Waals surface area contributed by atoms with Crippen LogP contribution in [-0.4, -0.2) is 67.1 Å². The van der Waals surface area contributed by atoms with Crippen LogP contribution in [0.1, 0.15) is 83.9 Å². The van der Waals surface area contributed by atoms with Crippen molar-refractivity contribution in [2.45, 2.75) is 103 Å². The van der Waals surface area contributed by atoms with E-state index < -0.39 is 20.0 Å². The summed E-state index contributed by atoms with van der Waals surface area (Å²) in [6.45, 7) is 9.90. The van der Waals surface area contributed by atoms with E-state index in [2.05, 4.69) is 32.8 Å². The molecule has 2 saturated carbocycles. The van der Waals surface area contributed by atoms with E-state index in [4.69, 9.17) is 4.74 Å². The predicted molar refractivity (Wildman–Crippen MR) is 158 cm³/mol. The number of piperidine rings is 1. The highest BCUT2D eigenvalue weighted by Crippen LogP contribution is 2.64. The summed E-state index contributed by atoms with van der Waals surface area (Å²) in [5.41, 5.74) is 5.08. The second kappa shape index (κ2) is 9.14. The smallest absolute Gasteiger partial charge is 0.250 e. The fraction of sp³-hybridized carbons (Fsp3) is 0.839. The van der Waals surface area contributed by atoms with E-state index in [0.29, 0.717) is 36.1 Å². The third-order valence-corrected chi connectivity index (χ3v) is 15.1. The monoisotopic (exact) mass is 605 g/mol. The summed E-state index contributed by atoms with van der Waals surface area (Å²) in [5.74, 6) is 2.88. The van der Waals surface area contributed by atoms with Crippen molar-refractivity contribution in [1.29, 1.82) is 0 Å². The molecule has 1 aromatic rings. The molecule has 3 heterocycles. The minimum absolute atomic E-state index is 0.0319. The number of rotatable bonds is 2. The van der Waals surface area contributed by atoms with Gasteiger partial charge in [0.05, 0.1) is 36.0 Å². The third kappa shape index (κ3) is 4.20. The van der Waals surface area contributed by atoms with Gasteiger partial charge in [-0.2, -0.15) is 13.5 Å². The van der Waals surface area contributed by atoms with Gasteiger partial charge in [-0.25, -0.2) is 16.8 Å². The van der Waals surface area contributed by atoms with Gasteiger partial charge in [0.1, 0.15) is 0 Å². The lowest BCUT2D eigenvalue weighted by atomic mass is 9.52. The number of ether oxygens (including phenoxy) is 1. The van der Waals surface area contributed by atoms with Crippen molar-refractivity contribution in [3.63, 3.8) is 0 Å². The Kier molecular flexibility index (Phi) is 6.36. The van der Waals surface area contributed by atoms with Gasteiger partial charge in [-0.15, -0.1) is 0 Å². The minimum atomic E-state index is -3.38. The molecule has 1 aromatic heterocycles. The van der Waals surface area contributed by atoms with Crippen LogP contribution in [0.5, 0.6) is 0 Å². The van der Waals surface area contributed by atoms with E-state index in [1.54, 1.807) is 16.1 Å². The Morgan fingerprint density at radius 2 is 1.76 bits per heavy atom. The Bertz CT molecular complexity index is 1520. The van der Waals surface area contributed by atoms with Gasteiger partial charge in [-0.1, -0.05) is 31.9 Å². The molecule has 10 heteroatoms. The molecule has 4 aliphatic carbocycles. The molecule has 0 N–H and O–H groups in total. The van der Waals surface area contributed by atoms with Crippen molar-refractivity contribution in [2.24, 2.45) is 40.9 Å². The Morgan fingerprint density at radius 1 is 1.00 bits per heavy atom. The number of fused-ring (bicyclic) bond motifs is 7. The van der Waals surface area contributed by atoms with Crippen LogP contribution in [0.4, 0.5) is 0 Å². The van der Waals surface area contributed by atoms with Crippen LogP contribution < -0.4 is 0 Å². The van der Waals surface area contributed by atoms with Gasteiger partial charge in [0.15, 0.2) is 0 Å². The lowest BCUT2D eigenvalue weighted by Crippen LogP contribution is -2.54. The average molecular weight is 606 g/mol. The molecule has 0 bridgehead atoms. The normalized spacial score (nSPS) is 44.6. The van der Waals surface area contributed by atoms with Crippen molar-refractivity contribution in [3.05, 3.63) is 28.6 Å². The molecule has 228 valence electrons. The lowest BCUT2D eigenvalue weighted by Gasteiger charge is -2.52. The van der Waals surface area contributed by atoms with Crippen LogP contribution >= 0.6 is 0 Å². The zero-order valence-electron chi connectivity index (χ0n) is 25.5. The Labute approximate surface area is 246 Å².